The SMILES string of the molecule is CCCCCN1C(=O)N=C2C=C(C(=O)NCCN3CCC(C)CC3)C=CC2C1=O. The van der Waals surface area contributed by atoms with Crippen LogP contribution in [-0.4, -0.2) is 66.1 Å². The molecule has 2 aliphatic heterocycles. The van der Waals surface area contributed by atoms with Crippen molar-refractivity contribution in [2.75, 3.05) is 32.7 Å². The van der Waals surface area contributed by atoms with Gasteiger partial charge in [0, 0.05) is 25.2 Å². The lowest BCUT2D eigenvalue weighted by molar-refractivity contribution is -0.129. The zero-order valence-electron chi connectivity index (χ0n) is 17.5. The molecule has 3 aliphatic rings. The fraction of sp³-hybridized carbons (Fsp3) is 0.636. The third-order valence-corrected chi connectivity index (χ3v) is 5.92. The molecule has 0 aromatic carbocycles. The summed E-state index contributed by atoms with van der Waals surface area (Å²) in [5.41, 5.74) is 0.803. The van der Waals surface area contributed by atoms with Gasteiger partial charge in [-0.05, 0) is 44.3 Å². The largest absolute Gasteiger partial charge is 0.351 e. The molecule has 0 aromatic rings. The highest BCUT2D eigenvalue weighted by molar-refractivity contribution is 6.23. The lowest BCUT2D eigenvalue weighted by atomic mass is 9.91. The molecule has 29 heavy (non-hydrogen) atoms. The van der Waals surface area contributed by atoms with Crippen LogP contribution >= 0.6 is 0 Å². The van der Waals surface area contributed by atoms with E-state index in [0.29, 0.717) is 24.4 Å². The number of nitrogens with zero attached hydrogens (tertiary/aromatic N) is 3. The Morgan fingerprint density at radius 2 is 1.97 bits per heavy atom. The Morgan fingerprint density at radius 1 is 1.21 bits per heavy atom. The molecule has 1 saturated heterocycles. The van der Waals surface area contributed by atoms with Gasteiger partial charge in [0.25, 0.3) is 5.91 Å². The Balaban J connectivity index is 1.54. The number of fused-ring (bicyclic) bond motifs is 1. The van der Waals surface area contributed by atoms with Gasteiger partial charge in [-0.2, -0.15) is 4.99 Å². The number of amides is 4. The Kier molecular flexibility index (Phi) is 7.36. The van der Waals surface area contributed by atoms with Crippen LogP contribution in [0.15, 0.2) is 28.8 Å². The van der Waals surface area contributed by atoms with Gasteiger partial charge in [0.05, 0.1) is 11.6 Å². The molecule has 0 spiro atoms. The van der Waals surface area contributed by atoms with E-state index in [9.17, 15) is 14.4 Å². The molecule has 1 atom stereocenters. The third kappa shape index (κ3) is 5.41. The quantitative estimate of drug-likeness (QED) is 0.635. The fourth-order valence-electron chi connectivity index (χ4n) is 3.92. The summed E-state index contributed by atoms with van der Waals surface area (Å²) in [5, 5.41) is 2.94. The number of hydrogen-bond donors (Lipinski definition) is 1. The first-order chi connectivity index (χ1) is 14.0. The first-order valence-electron chi connectivity index (χ1n) is 10.8. The number of carbonyl (C=O) groups is 3. The van der Waals surface area contributed by atoms with Crippen LogP contribution in [-0.2, 0) is 9.59 Å². The van der Waals surface area contributed by atoms with Crippen molar-refractivity contribution in [3.8, 4) is 0 Å². The molecule has 3 rings (SSSR count). The van der Waals surface area contributed by atoms with Gasteiger partial charge < -0.3 is 10.2 Å². The number of carbonyl (C=O) groups excluding carboxylic acids is 3. The van der Waals surface area contributed by atoms with Gasteiger partial charge in [-0.25, -0.2) is 4.79 Å². The minimum atomic E-state index is -0.568. The molecular formula is C22H32N4O3. The van der Waals surface area contributed by atoms with E-state index in [1.54, 1.807) is 18.2 Å². The number of unbranched alkanes of at least 4 members (excludes halogenated alkanes) is 2. The van der Waals surface area contributed by atoms with E-state index in [1.165, 1.54) is 17.7 Å². The normalized spacial score (nSPS) is 23.0. The first kappa shape index (κ1) is 21.4. The predicted molar refractivity (Wildman–Crippen MR) is 113 cm³/mol. The Labute approximate surface area is 172 Å². The summed E-state index contributed by atoms with van der Waals surface area (Å²) in [6.07, 6.45) is 10.1. The van der Waals surface area contributed by atoms with Crippen LogP contribution in [0, 0.1) is 11.8 Å². The highest BCUT2D eigenvalue weighted by Crippen LogP contribution is 2.23. The summed E-state index contributed by atoms with van der Waals surface area (Å²) in [5.74, 6) is -0.225. The van der Waals surface area contributed by atoms with E-state index < -0.39 is 11.9 Å². The average molecular weight is 401 g/mol. The van der Waals surface area contributed by atoms with Crippen LogP contribution in [0.2, 0.25) is 0 Å². The number of allylic oxidation sites excluding steroid dienone is 1. The van der Waals surface area contributed by atoms with Crippen LogP contribution in [0.5, 0.6) is 0 Å². The molecule has 0 radical (unpaired) electrons. The van der Waals surface area contributed by atoms with Crippen LogP contribution < -0.4 is 5.32 Å². The highest BCUT2D eigenvalue weighted by atomic mass is 16.2. The van der Waals surface area contributed by atoms with Crippen LogP contribution in [0.3, 0.4) is 0 Å². The maximum Gasteiger partial charge on any atom is 0.350 e. The maximum atomic E-state index is 12.6. The zero-order chi connectivity index (χ0) is 20.8. The lowest BCUT2D eigenvalue weighted by Gasteiger charge is -2.30. The monoisotopic (exact) mass is 400 g/mol. The predicted octanol–water partition coefficient (Wildman–Crippen LogP) is 2.54. The van der Waals surface area contributed by atoms with Crippen molar-refractivity contribution in [2.24, 2.45) is 16.8 Å². The van der Waals surface area contributed by atoms with E-state index in [4.69, 9.17) is 0 Å². The number of likely N-dealkylation sites (tertiary alicyclic amines) is 1. The molecule has 1 fully saturated rings. The minimum absolute atomic E-state index is 0.196. The maximum absolute atomic E-state index is 12.6. The van der Waals surface area contributed by atoms with Crippen molar-refractivity contribution in [1.29, 1.82) is 0 Å². The summed E-state index contributed by atoms with van der Waals surface area (Å²) in [6, 6.07) is -0.525. The van der Waals surface area contributed by atoms with Gasteiger partial charge in [0.2, 0.25) is 5.91 Å². The van der Waals surface area contributed by atoms with Gasteiger partial charge in [-0.15, -0.1) is 0 Å². The molecule has 158 valence electrons. The zero-order valence-corrected chi connectivity index (χ0v) is 17.5. The van der Waals surface area contributed by atoms with Crippen LogP contribution in [0.4, 0.5) is 4.79 Å². The Hall–Kier alpha value is -2.28. The van der Waals surface area contributed by atoms with E-state index in [0.717, 1.165) is 44.8 Å². The second kappa shape index (κ2) is 9.96. The number of rotatable bonds is 8. The summed E-state index contributed by atoms with van der Waals surface area (Å²) in [7, 11) is 0. The fourth-order valence-corrected chi connectivity index (χ4v) is 3.92. The van der Waals surface area contributed by atoms with E-state index >= 15 is 0 Å². The summed E-state index contributed by atoms with van der Waals surface area (Å²) in [6.45, 7) is 8.33. The number of hydrogen-bond acceptors (Lipinski definition) is 4. The standard InChI is InChI=1S/C22H32N4O3/c1-3-4-5-11-26-21(28)18-7-6-17(15-19(18)24-22(26)29)20(27)23-10-14-25-12-8-16(2)9-13-25/h6-7,15-16,18H,3-5,8-14H2,1-2H3,(H,23,27). The average Bonchev–Trinajstić information content (AvgIpc) is 2.71. The number of imide groups is 1. The molecule has 2 heterocycles. The van der Waals surface area contributed by atoms with Crippen molar-refractivity contribution in [2.45, 2.75) is 46.0 Å². The highest BCUT2D eigenvalue weighted by Gasteiger charge is 2.36. The minimum Gasteiger partial charge on any atom is -0.351 e. The van der Waals surface area contributed by atoms with Gasteiger partial charge in [0.1, 0.15) is 0 Å². The van der Waals surface area contributed by atoms with Crippen LogP contribution in [0.1, 0.15) is 46.0 Å². The van der Waals surface area contributed by atoms with Crippen molar-refractivity contribution >= 4 is 23.6 Å². The Morgan fingerprint density at radius 3 is 2.69 bits per heavy atom. The van der Waals surface area contributed by atoms with E-state index in [-0.39, 0.29) is 11.8 Å². The number of piperidine rings is 1. The molecule has 1 unspecified atom stereocenters. The van der Waals surface area contributed by atoms with Crippen molar-refractivity contribution in [3.63, 3.8) is 0 Å². The molecule has 0 aromatic heterocycles. The summed E-state index contributed by atoms with van der Waals surface area (Å²) in [4.78, 5) is 45.1. The molecule has 7 nitrogen and oxygen atoms in total. The third-order valence-electron chi connectivity index (χ3n) is 5.92. The summed E-state index contributed by atoms with van der Waals surface area (Å²) >= 11 is 0. The number of urea groups is 1. The smallest absolute Gasteiger partial charge is 0.350 e. The molecule has 7 heteroatoms. The summed E-state index contributed by atoms with van der Waals surface area (Å²) < 4.78 is 0. The van der Waals surface area contributed by atoms with Crippen molar-refractivity contribution in [3.05, 3.63) is 23.8 Å². The topological polar surface area (TPSA) is 82.1 Å². The van der Waals surface area contributed by atoms with Gasteiger partial charge >= 0.3 is 6.03 Å². The first-order valence-corrected chi connectivity index (χ1v) is 10.8. The molecule has 0 bridgehead atoms. The molecule has 1 N–H and O–H groups in total. The van der Waals surface area contributed by atoms with E-state index in [2.05, 4.69) is 29.1 Å². The second-order valence-electron chi connectivity index (χ2n) is 8.23. The van der Waals surface area contributed by atoms with Crippen molar-refractivity contribution in [1.82, 2.24) is 15.1 Å². The second-order valence-corrected chi connectivity index (χ2v) is 8.23. The van der Waals surface area contributed by atoms with Gasteiger partial charge in [0.15, 0.2) is 0 Å². The molecular weight excluding hydrogens is 368 g/mol. The molecule has 4 amide bonds. The Bertz CT molecular complexity index is 732. The number of aliphatic imine (C=N–C) groups is 1. The molecule has 0 saturated carbocycles. The van der Waals surface area contributed by atoms with E-state index in [1.807, 2.05) is 0 Å². The van der Waals surface area contributed by atoms with Gasteiger partial charge in [-0.3, -0.25) is 14.5 Å². The van der Waals surface area contributed by atoms with Gasteiger partial charge in [-0.1, -0.05) is 38.8 Å². The van der Waals surface area contributed by atoms with Crippen LogP contribution in [0.25, 0.3) is 0 Å². The number of nitrogens with one attached hydrogen (secondary N) is 1. The van der Waals surface area contributed by atoms with Crippen molar-refractivity contribution < 1.29 is 14.4 Å². The lowest BCUT2D eigenvalue weighted by Crippen LogP contribution is -2.47. The molecule has 1 aliphatic carbocycles.